The second-order valence-electron chi connectivity index (χ2n) is 17.9. The zero-order valence-electron chi connectivity index (χ0n) is 42.6. The summed E-state index contributed by atoms with van der Waals surface area (Å²) in [5.74, 6) is 1.94. The zero-order valence-corrected chi connectivity index (χ0v) is 44.4. The summed E-state index contributed by atoms with van der Waals surface area (Å²) >= 11 is 0. The van der Waals surface area contributed by atoms with Gasteiger partial charge in [0.2, 0.25) is 11.9 Å². The number of benzene rings is 4. The third kappa shape index (κ3) is 16.2. The molecule has 376 valence electrons. The van der Waals surface area contributed by atoms with Gasteiger partial charge in [-0.2, -0.15) is 9.97 Å². The fraction of sp³-hybridized carbons (Fsp3) is 0.347. The summed E-state index contributed by atoms with van der Waals surface area (Å²) in [6, 6.07) is 25.9. The first-order valence-electron chi connectivity index (χ1n) is 22.4. The third-order valence-corrected chi connectivity index (χ3v) is 13.8. The minimum atomic E-state index is -2.51. The highest BCUT2D eigenvalue weighted by Crippen LogP contribution is 2.40. The molecule has 0 spiro atoms. The van der Waals surface area contributed by atoms with Gasteiger partial charge in [-0.3, -0.25) is 10.1 Å². The van der Waals surface area contributed by atoms with Gasteiger partial charge in [-0.05, 0) is 123 Å². The van der Waals surface area contributed by atoms with Gasteiger partial charge in [-0.25, -0.2) is 9.97 Å². The number of nitro groups is 1. The maximum atomic E-state index is 12.7. The van der Waals surface area contributed by atoms with Crippen LogP contribution in [0.25, 0.3) is 0 Å². The molecule has 0 aliphatic carbocycles. The van der Waals surface area contributed by atoms with Crippen molar-refractivity contribution >= 4 is 93.9 Å². The van der Waals surface area contributed by atoms with Crippen LogP contribution in [-0.4, -0.2) is 142 Å². The normalized spacial score (nSPS) is 11.2. The van der Waals surface area contributed by atoms with E-state index in [1.54, 1.807) is 51.2 Å². The van der Waals surface area contributed by atoms with Crippen molar-refractivity contribution in [1.82, 2.24) is 29.7 Å². The van der Waals surface area contributed by atoms with Gasteiger partial charge in [-0.1, -0.05) is 24.3 Å². The molecule has 0 aliphatic rings. The first-order valence-corrected chi connectivity index (χ1v) is 27.6. The highest BCUT2D eigenvalue weighted by molar-refractivity contribution is 7.70. The second kappa shape index (κ2) is 25.3. The summed E-state index contributed by atoms with van der Waals surface area (Å²) in [4.78, 5) is 37.5. The molecule has 0 saturated heterocycles. The minimum Gasteiger partial charge on any atom is -0.400 e. The highest BCUT2D eigenvalue weighted by atomic mass is 31.2. The minimum absolute atomic E-state index is 0.00251. The lowest BCUT2D eigenvalue weighted by atomic mass is 10.2. The zero-order chi connectivity index (χ0) is 51.9. The van der Waals surface area contributed by atoms with Crippen molar-refractivity contribution < 1.29 is 19.2 Å². The van der Waals surface area contributed by atoms with Crippen molar-refractivity contribution in [3.63, 3.8) is 0 Å². The Kier molecular flexibility index (Phi) is 20.2. The van der Waals surface area contributed by atoms with E-state index < -0.39 is 14.3 Å². The van der Waals surface area contributed by atoms with Crippen LogP contribution < -0.4 is 47.4 Å². The lowest BCUT2D eigenvalue weighted by molar-refractivity contribution is -0.384. The average molecular weight is 997 g/mol. The van der Waals surface area contributed by atoms with E-state index in [4.69, 9.17) is 10.8 Å². The maximum absolute atomic E-state index is 12.7. The molecule has 6 aromatic rings. The van der Waals surface area contributed by atoms with Crippen LogP contribution >= 0.6 is 14.3 Å². The van der Waals surface area contributed by atoms with E-state index in [1.165, 1.54) is 6.07 Å². The lowest BCUT2D eigenvalue weighted by Crippen LogP contribution is -2.28. The third-order valence-electron chi connectivity index (χ3n) is 10.7. The van der Waals surface area contributed by atoms with Gasteiger partial charge in [0.1, 0.15) is 31.6 Å². The fourth-order valence-electron chi connectivity index (χ4n) is 6.86. The van der Waals surface area contributed by atoms with Crippen molar-refractivity contribution in [3.8, 4) is 0 Å². The molecule has 70 heavy (non-hydrogen) atoms. The van der Waals surface area contributed by atoms with Crippen LogP contribution in [0, 0.1) is 24.0 Å². The monoisotopic (exact) mass is 997 g/mol. The molecule has 21 heteroatoms. The number of nitrogens with one attached hydrogen (secondary N) is 4. The molecule has 4 aromatic carbocycles. The number of aryl methyl sites for hydroxylation is 2. The number of rotatable bonds is 19. The van der Waals surface area contributed by atoms with Crippen molar-refractivity contribution in [2.24, 2.45) is 0 Å². The maximum Gasteiger partial charge on any atom is 0.294 e. The van der Waals surface area contributed by atoms with Crippen LogP contribution in [0.2, 0.25) is 0 Å². The summed E-state index contributed by atoms with van der Waals surface area (Å²) in [6.45, 7) is 14.0. The van der Waals surface area contributed by atoms with Gasteiger partial charge in [0.15, 0.2) is 0 Å². The molecule has 6 rings (SSSR count). The van der Waals surface area contributed by atoms with Crippen molar-refractivity contribution in [2.75, 3.05) is 139 Å². The molecule has 0 aliphatic heterocycles. The van der Waals surface area contributed by atoms with E-state index in [0.29, 0.717) is 46.9 Å². The molecule has 0 unspecified atom stereocenters. The summed E-state index contributed by atoms with van der Waals surface area (Å²) in [5, 5.41) is 33.2. The van der Waals surface area contributed by atoms with Crippen molar-refractivity contribution in [2.45, 2.75) is 13.8 Å². The Hall–Kier alpha value is -6.62. The number of nitrogens with zero attached hydrogens (tertiary/aromatic N) is 9. The predicted molar refractivity (Wildman–Crippen MR) is 293 cm³/mol. The van der Waals surface area contributed by atoms with E-state index in [0.717, 1.165) is 65.5 Å². The van der Waals surface area contributed by atoms with E-state index in [1.807, 2.05) is 119 Å². The quantitative estimate of drug-likeness (QED) is 0.0194. The van der Waals surface area contributed by atoms with Gasteiger partial charge in [0.25, 0.3) is 5.69 Å². The Morgan fingerprint density at radius 2 is 1.00 bits per heavy atom. The molecule has 0 radical (unpaired) electrons. The van der Waals surface area contributed by atoms with Crippen LogP contribution in [0.3, 0.4) is 0 Å². The SMILES string of the molecule is CO.Cc1cnc(Nc2ccc(N(C)CCN(C)C)c(N)c2)nc1Nc1ccccc1P(C)(C)=O.Cc1cnc(Nc2ccc(N(C)CCN(C)C)c([N+](=O)[O-])c2)nc1Nc1ccccc1P(C)(C)=O. The van der Waals surface area contributed by atoms with Crippen LogP contribution in [0.5, 0.6) is 0 Å². The Balaban J connectivity index is 0.000000295. The molecule has 2 heterocycles. The van der Waals surface area contributed by atoms with Gasteiger partial charge in [0.05, 0.1) is 27.7 Å². The molecule has 0 bridgehead atoms. The summed E-state index contributed by atoms with van der Waals surface area (Å²) in [5.41, 5.74) is 13.0. The standard InChI is InChI=1S/C24H32N7O3P.C24H34N7OP.CH4O/c1-17-16-25-24(28-23(17)27-19-9-7-8-10-22(19)35(5,6)34)26-18-11-12-20(21(15-18)31(32)33)30(4)14-13-29(2)3;1-17-16-26-24(29-23(17)28-20-9-7-8-10-22(20)33(5,6)32)27-18-11-12-21(19(25)15-18)31(4)14-13-30(2)3;1-2/h7-12,15-16H,13-14H2,1-6H3,(H2,25,26,27,28);7-12,15-16H,13-14,25H2,1-6H3,(H2,26,27,28,29);2H,1H3. The van der Waals surface area contributed by atoms with Gasteiger partial charge in [0, 0.05) is 99.0 Å². The molecular formula is C49H70N14O5P2. The van der Waals surface area contributed by atoms with Gasteiger partial charge in [-0.15, -0.1) is 0 Å². The smallest absolute Gasteiger partial charge is 0.294 e. The van der Waals surface area contributed by atoms with Gasteiger partial charge >= 0.3 is 0 Å². The molecule has 19 nitrogen and oxygen atoms in total. The topological polar surface area (TPSA) is 236 Å². The fourth-order valence-corrected chi connectivity index (χ4v) is 9.17. The number of nitrogens with two attached hydrogens (primary N) is 1. The number of nitro benzene ring substituents is 1. The van der Waals surface area contributed by atoms with Crippen LogP contribution in [0.1, 0.15) is 11.1 Å². The summed E-state index contributed by atoms with van der Waals surface area (Å²) < 4.78 is 25.4. The number of aliphatic hydroxyl groups excluding tert-OH is 1. The van der Waals surface area contributed by atoms with Crippen molar-refractivity contribution in [1.29, 1.82) is 0 Å². The average Bonchev–Trinajstić information content (AvgIpc) is 3.30. The molecular weight excluding hydrogens is 927 g/mol. The molecule has 0 amide bonds. The van der Waals surface area contributed by atoms with Gasteiger partial charge < -0.3 is 60.8 Å². The Labute approximate surface area is 412 Å². The number of hydrogen-bond acceptors (Lipinski definition) is 18. The molecule has 0 fully saturated rings. The number of aromatic nitrogens is 4. The largest absolute Gasteiger partial charge is 0.400 e. The number of anilines is 11. The second-order valence-corrected chi connectivity index (χ2v) is 24.2. The first-order chi connectivity index (χ1) is 33.0. The molecule has 2 aromatic heterocycles. The lowest BCUT2D eigenvalue weighted by Gasteiger charge is -2.23. The van der Waals surface area contributed by atoms with Crippen LogP contribution in [0.4, 0.5) is 69.0 Å². The molecule has 0 atom stereocenters. The van der Waals surface area contributed by atoms with E-state index in [2.05, 4.69) is 65.1 Å². The Bertz CT molecular complexity index is 2800. The Morgan fingerprint density at radius 3 is 1.40 bits per heavy atom. The van der Waals surface area contributed by atoms with Crippen LogP contribution in [0.15, 0.2) is 97.3 Å². The number of nitrogen functional groups attached to an aromatic ring is 1. The van der Waals surface area contributed by atoms with Crippen LogP contribution in [-0.2, 0) is 9.13 Å². The first kappa shape index (κ1) is 56.0. The predicted octanol–water partition coefficient (Wildman–Crippen LogP) is 8.13. The van der Waals surface area contributed by atoms with E-state index in [9.17, 15) is 19.2 Å². The van der Waals surface area contributed by atoms with E-state index in [-0.39, 0.29) is 16.6 Å². The van der Waals surface area contributed by atoms with E-state index >= 15 is 0 Å². The number of hydrogen-bond donors (Lipinski definition) is 6. The van der Waals surface area contributed by atoms with Crippen molar-refractivity contribution in [3.05, 3.63) is 119 Å². The highest BCUT2D eigenvalue weighted by Gasteiger charge is 2.21. The number of aliphatic hydroxyl groups is 1. The number of likely N-dealkylation sites (N-methyl/N-ethyl adjacent to an activating group) is 4. The number of para-hydroxylation sites is 2. The molecule has 0 saturated carbocycles. The summed E-state index contributed by atoms with van der Waals surface area (Å²) in [6.07, 6.45) is 3.42. The summed E-state index contributed by atoms with van der Waals surface area (Å²) in [7, 11) is 7.94. The molecule has 7 N–H and O–H groups in total. The Morgan fingerprint density at radius 1 is 0.600 bits per heavy atom.